The van der Waals surface area contributed by atoms with Gasteiger partial charge in [0.15, 0.2) is 6.20 Å². The van der Waals surface area contributed by atoms with E-state index < -0.39 is 0 Å². The predicted molar refractivity (Wildman–Crippen MR) is 137 cm³/mol. The fraction of sp³-hybridized carbons (Fsp3) is 0.0968. The van der Waals surface area contributed by atoms with Crippen molar-refractivity contribution in [2.24, 2.45) is 7.05 Å². The minimum Gasteiger partial charge on any atom is -0.454 e. The van der Waals surface area contributed by atoms with Crippen molar-refractivity contribution in [3.05, 3.63) is 102 Å². The van der Waals surface area contributed by atoms with Crippen LogP contribution in [-0.4, -0.2) is 0 Å². The highest BCUT2D eigenvalue weighted by Crippen LogP contribution is 2.43. The van der Waals surface area contributed by atoms with Gasteiger partial charge in [-0.1, -0.05) is 54.6 Å². The summed E-state index contributed by atoms with van der Waals surface area (Å²) in [4.78, 5) is 0. The molecular weight excluding hydrogens is 435 g/mol. The number of furan rings is 1. The number of hydrogen-bond acceptors (Lipinski definition) is 2. The minimum atomic E-state index is -0.256. The summed E-state index contributed by atoms with van der Waals surface area (Å²) in [6, 6.07) is 26.1. The lowest BCUT2D eigenvalue weighted by molar-refractivity contribution is -0.661. The molecule has 0 aliphatic carbocycles. The summed E-state index contributed by atoms with van der Waals surface area (Å²) < 4.78 is 23.2. The van der Waals surface area contributed by atoms with Crippen LogP contribution in [0.3, 0.4) is 0 Å². The quantitative estimate of drug-likeness (QED) is 0.252. The van der Waals surface area contributed by atoms with Crippen LogP contribution in [0.2, 0.25) is 0 Å². The number of aromatic nitrogens is 1. The highest BCUT2D eigenvalue weighted by atomic mass is 19.1. The van der Waals surface area contributed by atoms with Crippen LogP contribution in [0, 0.1) is 31.0 Å². The highest BCUT2D eigenvalue weighted by Gasteiger charge is 2.24. The van der Waals surface area contributed by atoms with Gasteiger partial charge in [0.2, 0.25) is 5.69 Å². The smallest absolute Gasteiger partial charge is 0.219 e. The molecule has 0 aliphatic heterocycles. The van der Waals surface area contributed by atoms with Gasteiger partial charge in [0, 0.05) is 28.0 Å². The van der Waals surface area contributed by atoms with Crippen LogP contribution in [0.25, 0.3) is 55.1 Å². The Balaban J connectivity index is 1.76. The molecule has 4 heteroatoms. The summed E-state index contributed by atoms with van der Waals surface area (Å²) in [5, 5.41) is 14.0. The van der Waals surface area contributed by atoms with Crippen LogP contribution in [0.1, 0.15) is 16.7 Å². The number of benzene rings is 4. The molecule has 3 nitrogen and oxygen atoms in total. The van der Waals surface area contributed by atoms with Crippen LogP contribution in [0.5, 0.6) is 0 Å². The number of nitrogens with zero attached hydrogens (tertiary/aromatic N) is 2. The molecule has 35 heavy (non-hydrogen) atoms. The van der Waals surface area contributed by atoms with Gasteiger partial charge in [0.25, 0.3) is 0 Å². The fourth-order valence-corrected chi connectivity index (χ4v) is 5.13. The topological polar surface area (TPSA) is 40.8 Å². The summed E-state index contributed by atoms with van der Waals surface area (Å²) in [7, 11) is 1.91. The van der Waals surface area contributed by atoms with E-state index >= 15 is 0 Å². The molecule has 2 heterocycles. The summed E-state index contributed by atoms with van der Waals surface area (Å²) in [6.07, 6.45) is 1.79. The van der Waals surface area contributed by atoms with Gasteiger partial charge >= 0.3 is 0 Å². The van der Waals surface area contributed by atoms with Crippen molar-refractivity contribution in [1.29, 1.82) is 5.26 Å². The third-order valence-electron chi connectivity index (χ3n) is 6.86. The van der Waals surface area contributed by atoms with Crippen LogP contribution < -0.4 is 4.57 Å². The first kappa shape index (κ1) is 21.1. The van der Waals surface area contributed by atoms with Crippen LogP contribution >= 0.6 is 0 Å². The molecule has 0 radical (unpaired) electrons. The molecule has 0 bridgehead atoms. The van der Waals surface area contributed by atoms with E-state index in [4.69, 9.17) is 4.42 Å². The second-order valence-corrected chi connectivity index (χ2v) is 9.04. The Hall–Kier alpha value is -4.49. The number of nitriles is 1. The average Bonchev–Trinajstić information content (AvgIpc) is 3.24. The van der Waals surface area contributed by atoms with Gasteiger partial charge in [-0.3, -0.25) is 0 Å². The van der Waals surface area contributed by atoms with Gasteiger partial charge in [-0.15, -0.1) is 0 Å². The normalized spacial score (nSPS) is 11.4. The van der Waals surface area contributed by atoms with Crippen molar-refractivity contribution >= 4 is 32.7 Å². The van der Waals surface area contributed by atoms with E-state index in [-0.39, 0.29) is 5.82 Å². The van der Waals surface area contributed by atoms with E-state index in [9.17, 15) is 9.65 Å². The maximum absolute atomic E-state index is 14.6. The molecule has 0 saturated heterocycles. The van der Waals surface area contributed by atoms with E-state index in [1.807, 2.05) is 67.1 Å². The Morgan fingerprint density at radius 3 is 2.31 bits per heavy atom. The van der Waals surface area contributed by atoms with Gasteiger partial charge in [-0.2, -0.15) is 5.26 Å². The molecule has 6 rings (SSSR count). The monoisotopic (exact) mass is 457 g/mol. The van der Waals surface area contributed by atoms with Crippen molar-refractivity contribution in [2.75, 3.05) is 0 Å². The highest BCUT2D eigenvalue weighted by molar-refractivity contribution is 6.15. The molecule has 168 valence electrons. The largest absolute Gasteiger partial charge is 0.454 e. The molecular formula is C31H22FN2O+. The van der Waals surface area contributed by atoms with Gasteiger partial charge < -0.3 is 4.42 Å². The summed E-state index contributed by atoms with van der Waals surface area (Å²) >= 11 is 0. The van der Waals surface area contributed by atoms with E-state index in [1.165, 1.54) is 0 Å². The molecule has 6 aromatic rings. The SMILES string of the molecule is Cc1c[n+](C)c(-c2c(C)ccc3c2oc2c(-c4cccc5ccccc45)c(C#N)ccc23)cc1F. The van der Waals surface area contributed by atoms with Crippen molar-refractivity contribution in [1.82, 2.24) is 0 Å². The molecule has 4 aromatic carbocycles. The number of aryl methyl sites for hydroxylation is 3. The number of fused-ring (bicyclic) bond motifs is 4. The second-order valence-electron chi connectivity index (χ2n) is 9.04. The van der Waals surface area contributed by atoms with Crippen molar-refractivity contribution < 1.29 is 13.4 Å². The van der Waals surface area contributed by atoms with E-state index in [1.54, 1.807) is 19.2 Å². The minimum absolute atomic E-state index is 0.256. The first-order chi connectivity index (χ1) is 17.0. The van der Waals surface area contributed by atoms with Crippen LogP contribution in [-0.2, 0) is 7.05 Å². The first-order valence-electron chi connectivity index (χ1n) is 11.5. The van der Waals surface area contributed by atoms with Crippen LogP contribution in [0.15, 0.2) is 83.4 Å². The first-order valence-corrected chi connectivity index (χ1v) is 11.5. The van der Waals surface area contributed by atoms with E-state index in [0.717, 1.165) is 49.5 Å². The van der Waals surface area contributed by atoms with Crippen LogP contribution in [0.4, 0.5) is 4.39 Å². The molecule has 0 spiro atoms. The maximum atomic E-state index is 14.6. The van der Waals surface area contributed by atoms with Gasteiger partial charge in [-0.25, -0.2) is 8.96 Å². The fourth-order valence-electron chi connectivity index (χ4n) is 5.13. The predicted octanol–water partition coefficient (Wildman–Crippen LogP) is 7.53. The van der Waals surface area contributed by atoms with Crippen molar-refractivity contribution in [3.63, 3.8) is 0 Å². The standard InChI is InChI=1S/C31H22FN2O/c1-18-11-13-24-25-14-12-21(16-33)29(23-10-6-8-20-7-4-5-9-22(20)23)31(25)35-30(24)28(18)27-15-26(32)19(2)17-34(27)3/h4-15,17H,1-3H3/q+1. The van der Waals surface area contributed by atoms with Crippen molar-refractivity contribution in [3.8, 4) is 28.5 Å². The Kier molecular flexibility index (Phi) is 4.69. The summed E-state index contributed by atoms with van der Waals surface area (Å²) in [5.74, 6) is -0.256. The number of hydrogen-bond donors (Lipinski definition) is 0. The average molecular weight is 458 g/mol. The lowest BCUT2D eigenvalue weighted by atomic mass is 9.93. The molecule has 0 aliphatic rings. The molecule has 0 unspecified atom stereocenters. The Morgan fingerprint density at radius 2 is 1.51 bits per heavy atom. The lowest BCUT2D eigenvalue weighted by Crippen LogP contribution is -2.31. The zero-order chi connectivity index (χ0) is 24.3. The second kappa shape index (κ2) is 7.78. The molecule has 0 atom stereocenters. The third kappa shape index (κ3) is 3.13. The zero-order valence-corrected chi connectivity index (χ0v) is 19.7. The maximum Gasteiger partial charge on any atom is 0.219 e. The van der Waals surface area contributed by atoms with Gasteiger partial charge in [0.1, 0.15) is 24.0 Å². The lowest BCUT2D eigenvalue weighted by Gasteiger charge is -2.09. The number of pyridine rings is 1. The molecule has 0 fully saturated rings. The molecule has 0 saturated carbocycles. The van der Waals surface area contributed by atoms with E-state index in [0.29, 0.717) is 22.3 Å². The zero-order valence-electron chi connectivity index (χ0n) is 19.7. The molecule has 2 aromatic heterocycles. The van der Waals surface area contributed by atoms with Gasteiger partial charge in [0.05, 0.1) is 17.2 Å². The summed E-state index contributed by atoms with van der Waals surface area (Å²) in [5.41, 5.74) is 6.80. The van der Waals surface area contributed by atoms with E-state index in [2.05, 4.69) is 24.3 Å². The van der Waals surface area contributed by atoms with Gasteiger partial charge in [-0.05, 0) is 47.9 Å². The molecule has 0 N–H and O–H groups in total. The summed E-state index contributed by atoms with van der Waals surface area (Å²) in [6.45, 7) is 3.76. The number of halogens is 1. The Labute approximate surface area is 202 Å². The Morgan fingerprint density at radius 1 is 0.800 bits per heavy atom. The Bertz CT molecular complexity index is 1850. The third-order valence-corrected chi connectivity index (χ3v) is 6.86. The van der Waals surface area contributed by atoms with Crippen molar-refractivity contribution in [2.45, 2.75) is 13.8 Å². The molecule has 0 amide bonds. The number of rotatable bonds is 2.